The molecule has 6 heteroatoms. The summed E-state index contributed by atoms with van der Waals surface area (Å²) in [7, 11) is 1.75. The van der Waals surface area contributed by atoms with Crippen LogP contribution in [0.4, 0.5) is 5.69 Å². The molecule has 1 aliphatic heterocycles. The third-order valence-corrected chi connectivity index (χ3v) is 5.73. The van der Waals surface area contributed by atoms with E-state index in [0.29, 0.717) is 0 Å². The van der Waals surface area contributed by atoms with Gasteiger partial charge in [0.1, 0.15) is 0 Å². The number of guanidine groups is 1. The second-order valence-electron chi connectivity index (χ2n) is 7.44. The maximum absolute atomic E-state index is 12.3. The van der Waals surface area contributed by atoms with Gasteiger partial charge in [0.25, 0.3) is 0 Å². The fourth-order valence-corrected chi connectivity index (χ4v) is 3.14. The summed E-state index contributed by atoms with van der Waals surface area (Å²) in [6, 6.07) is 5.83. The Balaban J connectivity index is 1.95. The number of benzene rings is 1. The van der Waals surface area contributed by atoms with Gasteiger partial charge in [-0.2, -0.15) is 0 Å². The van der Waals surface area contributed by atoms with E-state index in [-0.39, 0.29) is 23.4 Å². The number of hydrogen-bond donors (Lipinski definition) is 2. The lowest BCUT2D eigenvalue weighted by molar-refractivity contribution is -0.115. The van der Waals surface area contributed by atoms with Crippen molar-refractivity contribution in [1.82, 2.24) is 10.2 Å². The first-order valence-electron chi connectivity index (χ1n) is 8.13. The van der Waals surface area contributed by atoms with Crippen molar-refractivity contribution < 1.29 is 4.79 Å². The van der Waals surface area contributed by atoms with Crippen LogP contribution in [0.5, 0.6) is 0 Å². The van der Waals surface area contributed by atoms with Crippen molar-refractivity contribution in [2.24, 2.45) is 10.4 Å². The summed E-state index contributed by atoms with van der Waals surface area (Å²) in [5, 5.41) is 6.11. The number of carbonyl (C=O) groups is 1. The second kappa shape index (κ2) is 6.75. The summed E-state index contributed by atoms with van der Waals surface area (Å²) in [5.74, 6) is 0.676. The fraction of sp³-hybridized carbons (Fsp3) is 0.556. The molecule has 24 heavy (non-hydrogen) atoms. The van der Waals surface area contributed by atoms with Crippen LogP contribution in [0.3, 0.4) is 0 Å². The monoisotopic (exact) mass is 394 g/mol. The molecule has 0 radical (unpaired) electrons. The Kier molecular flexibility index (Phi) is 5.28. The van der Waals surface area contributed by atoms with Crippen molar-refractivity contribution in [3.63, 3.8) is 0 Å². The van der Waals surface area contributed by atoms with Crippen LogP contribution in [-0.4, -0.2) is 42.4 Å². The Morgan fingerprint density at radius 3 is 2.54 bits per heavy atom. The third kappa shape index (κ3) is 3.58. The molecule has 5 nitrogen and oxygen atoms in total. The summed E-state index contributed by atoms with van der Waals surface area (Å²) in [4.78, 5) is 18.8. The number of amides is 1. The van der Waals surface area contributed by atoms with Crippen LogP contribution < -0.4 is 10.6 Å². The molecule has 2 rings (SSSR count). The van der Waals surface area contributed by atoms with E-state index in [2.05, 4.69) is 64.2 Å². The summed E-state index contributed by atoms with van der Waals surface area (Å²) in [5.41, 5.74) is 2.07. The highest BCUT2D eigenvalue weighted by atomic mass is 79.9. The number of aliphatic imine (C=N–C) groups is 1. The Hall–Kier alpha value is -1.56. The molecule has 0 aromatic heterocycles. The van der Waals surface area contributed by atoms with Gasteiger partial charge in [-0.3, -0.25) is 9.79 Å². The van der Waals surface area contributed by atoms with E-state index in [1.54, 1.807) is 7.05 Å². The van der Waals surface area contributed by atoms with Gasteiger partial charge < -0.3 is 15.5 Å². The van der Waals surface area contributed by atoms with Gasteiger partial charge >= 0.3 is 0 Å². The van der Waals surface area contributed by atoms with Gasteiger partial charge in [-0.25, -0.2) is 0 Å². The van der Waals surface area contributed by atoms with Crippen molar-refractivity contribution >= 4 is 33.5 Å². The summed E-state index contributed by atoms with van der Waals surface area (Å²) in [6.07, 6.45) is 0. The van der Waals surface area contributed by atoms with E-state index in [0.717, 1.165) is 28.2 Å². The predicted octanol–water partition coefficient (Wildman–Crippen LogP) is 3.39. The highest BCUT2D eigenvalue weighted by Gasteiger charge is 2.53. The van der Waals surface area contributed by atoms with Crippen LogP contribution in [0.15, 0.2) is 27.7 Å². The number of halogens is 1. The molecule has 2 N–H and O–H groups in total. The minimum absolute atomic E-state index is 0.00615. The second-order valence-corrected chi connectivity index (χ2v) is 8.35. The molecule has 0 aliphatic carbocycles. The summed E-state index contributed by atoms with van der Waals surface area (Å²) >= 11 is 3.43. The lowest BCUT2D eigenvalue weighted by Crippen LogP contribution is -2.72. The number of nitrogens with zero attached hydrogens (tertiary/aromatic N) is 2. The van der Waals surface area contributed by atoms with Gasteiger partial charge in [0, 0.05) is 34.7 Å². The van der Waals surface area contributed by atoms with Crippen molar-refractivity contribution in [3.8, 4) is 0 Å². The number of nitrogens with one attached hydrogen (secondary N) is 2. The standard InChI is InChI=1S/C18H27BrN4O/c1-12-7-8-13(19)9-14(12)22-15(24)10-21-16(20-6)23-11-17(2,3)18(23,4)5/h7-9H,10-11H2,1-6H3,(H,20,21)(H,22,24). The average Bonchev–Trinajstić information content (AvgIpc) is 2.50. The largest absolute Gasteiger partial charge is 0.347 e. The van der Waals surface area contributed by atoms with Gasteiger partial charge in [0.2, 0.25) is 5.91 Å². The molecule has 0 atom stereocenters. The van der Waals surface area contributed by atoms with Gasteiger partial charge in [-0.15, -0.1) is 0 Å². The first-order chi connectivity index (χ1) is 11.1. The molecule has 1 fully saturated rings. The number of rotatable bonds is 3. The Bertz CT molecular complexity index is 667. The van der Waals surface area contributed by atoms with Crippen LogP contribution in [0.1, 0.15) is 33.3 Å². The molecule has 1 heterocycles. The van der Waals surface area contributed by atoms with Gasteiger partial charge in [0.15, 0.2) is 5.96 Å². The smallest absolute Gasteiger partial charge is 0.243 e. The maximum Gasteiger partial charge on any atom is 0.243 e. The lowest BCUT2D eigenvalue weighted by atomic mass is 9.65. The molecule has 0 unspecified atom stereocenters. The number of aryl methyl sites for hydroxylation is 1. The van der Waals surface area contributed by atoms with Crippen LogP contribution in [0, 0.1) is 12.3 Å². The quantitative estimate of drug-likeness (QED) is 0.609. The highest BCUT2D eigenvalue weighted by molar-refractivity contribution is 9.10. The molecule has 0 bridgehead atoms. The van der Waals surface area contributed by atoms with E-state index in [4.69, 9.17) is 0 Å². The molecular formula is C18H27BrN4O. The minimum atomic E-state index is -0.0880. The van der Waals surface area contributed by atoms with E-state index in [1.165, 1.54) is 0 Å². The summed E-state index contributed by atoms with van der Waals surface area (Å²) in [6.45, 7) is 12.0. The lowest BCUT2D eigenvalue weighted by Gasteiger charge is -2.62. The Morgan fingerprint density at radius 2 is 2.00 bits per heavy atom. The predicted molar refractivity (Wildman–Crippen MR) is 103 cm³/mol. The van der Waals surface area contributed by atoms with E-state index < -0.39 is 0 Å². The number of anilines is 1. The molecular weight excluding hydrogens is 368 g/mol. The fourth-order valence-electron chi connectivity index (χ4n) is 2.78. The van der Waals surface area contributed by atoms with E-state index in [9.17, 15) is 4.79 Å². The van der Waals surface area contributed by atoms with Crippen molar-refractivity contribution in [3.05, 3.63) is 28.2 Å². The molecule has 0 spiro atoms. The molecule has 1 aliphatic rings. The van der Waals surface area contributed by atoms with Crippen molar-refractivity contribution in [2.75, 3.05) is 25.5 Å². The number of carbonyl (C=O) groups excluding carboxylic acids is 1. The van der Waals surface area contributed by atoms with Gasteiger partial charge in [0.05, 0.1) is 6.54 Å². The first kappa shape index (κ1) is 18.8. The van der Waals surface area contributed by atoms with E-state index in [1.807, 2.05) is 25.1 Å². The third-order valence-electron chi connectivity index (χ3n) is 5.23. The molecule has 1 aromatic carbocycles. The number of likely N-dealkylation sites (tertiary alicyclic amines) is 1. The maximum atomic E-state index is 12.3. The Morgan fingerprint density at radius 1 is 1.33 bits per heavy atom. The van der Waals surface area contributed by atoms with Crippen LogP contribution in [-0.2, 0) is 4.79 Å². The first-order valence-corrected chi connectivity index (χ1v) is 8.92. The summed E-state index contributed by atoms with van der Waals surface area (Å²) < 4.78 is 0.941. The SMILES string of the molecule is CN=C(NCC(=O)Nc1cc(Br)ccc1C)N1CC(C)(C)C1(C)C. The van der Waals surface area contributed by atoms with Crippen LogP contribution in [0.2, 0.25) is 0 Å². The minimum Gasteiger partial charge on any atom is -0.347 e. The van der Waals surface area contributed by atoms with Crippen LogP contribution >= 0.6 is 15.9 Å². The number of hydrogen-bond acceptors (Lipinski definition) is 2. The van der Waals surface area contributed by atoms with Gasteiger partial charge in [-0.05, 0) is 38.5 Å². The van der Waals surface area contributed by atoms with Crippen molar-refractivity contribution in [2.45, 2.75) is 40.2 Å². The zero-order chi connectivity index (χ0) is 18.1. The molecule has 1 aromatic rings. The van der Waals surface area contributed by atoms with Gasteiger partial charge in [-0.1, -0.05) is 35.8 Å². The molecule has 1 amide bonds. The zero-order valence-corrected chi connectivity index (χ0v) is 16.9. The van der Waals surface area contributed by atoms with Crippen molar-refractivity contribution in [1.29, 1.82) is 0 Å². The molecule has 132 valence electrons. The average molecular weight is 395 g/mol. The Labute approximate surface area is 153 Å². The zero-order valence-electron chi connectivity index (χ0n) is 15.3. The van der Waals surface area contributed by atoms with Crippen LogP contribution in [0.25, 0.3) is 0 Å². The normalized spacial score (nSPS) is 18.8. The molecule has 0 saturated carbocycles. The topological polar surface area (TPSA) is 56.7 Å². The molecule has 1 saturated heterocycles. The highest BCUT2D eigenvalue weighted by Crippen LogP contribution is 2.46. The van der Waals surface area contributed by atoms with E-state index >= 15 is 0 Å².